The molecule has 0 radical (unpaired) electrons. The summed E-state index contributed by atoms with van der Waals surface area (Å²) in [5.41, 5.74) is 2.42. The van der Waals surface area contributed by atoms with E-state index in [-0.39, 0.29) is 11.4 Å². The molecule has 0 fully saturated rings. The molecule has 1 heterocycles. The van der Waals surface area contributed by atoms with E-state index in [2.05, 4.69) is 20.9 Å². The van der Waals surface area contributed by atoms with E-state index in [9.17, 15) is 10.1 Å². The van der Waals surface area contributed by atoms with E-state index in [0.717, 1.165) is 15.6 Å². The van der Waals surface area contributed by atoms with Gasteiger partial charge in [0, 0.05) is 22.8 Å². The van der Waals surface area contributed by atoms with Crippen molar-refractivity contribution in [3.8, 4) is 11.6 Å². The molecule has 0 bridgehead atoms. The van der Waals surface area contributed by atoms with Crippen LogP contribution in [-0.4, -0.2) is 9.91 Å². The fourth-order valence-corrected chi connectivity index (χ4v) is 2.09. The van der Waals surface area contributed by atoms with Crippen LogP contribution in [0.4, 0.5) is 5.69 Å². The number of nitrogens with zero attached hydrogens (tertiary/aromatic N) is 2. The van der Waals surface area contributed by atoms with Gasteiger partial charge in [0.1, 0.15) is 0 Å². The zero-order valence-corrected chi connectivity index (χ0v) is 12.9. The summed E-state index contributed by atoms with van der Waals surface area (Å²) in [6, 6.07) is 5.06. The Hall–Kier alpha value is -1.95. The minimum atomic E-state index is -0.443. The van der Waals surface area contributed by atoms with E-state index < -0.39 is 4.92 Å². The van der Waals surface area contributed by atoms with E-state index in [0.29, 0.717) is 11.4 Å². The van der Waals surface area contributed by atoms with Crippen LogP contribution in [0.25, 0.3) is 0 Å². The predicted molar refractivity (Wildman–Crippen MR) is 79.3 cm³/mol. The maximum atomic E-state index is 11.1. The van der Waals surface area contributed by atoms with Gasteiger partial charge in [-0.05, 0) is 53.4 Å². The molecule has 0 saturated carbocycles. The summed E-state index contributed by atoms with van der Waals surface area (Å²) in [7, 11) is 0. The van der Waals surface area contributed by atoms with Crippen LogP contribution < -0.4 is 4.74 Å². The quantitative estimate of drug-likeness (QED) is 0.612. The molecule has 0 unspecified atom stereocenters. The van der Waals surface area contributed by atoms with E-state index in [1.54, 1.807) is 19.2 Å². The van der Waals surface area contributed by atoms with Gasteiger partial charge < -0.3 is 4.74 Å². The van der Waals surface area contributed by atoms with Crippen molar-refractivity contribution in [2.75, 3.05) is 0 Å². The van der Waals surface area contributed by atoms with Crippen LogP contribution in [0.3, 0.4) is 0 Å². The molecule has 20 heavy (non-hydrogen) atoms. The second kappa shape index (κ2) is 5.58. The van der Waals surface area contributed by atoms with Crippen LogP contribution >= 0.6 is 15.9 Å². The van der Waals surface area contributed by atoms with Crippen molar-refractivity contribution in [1.82, 2.24) is 4.98 Å². The first-order chi connectivity index (χ1) is 9.38. The van der Waals surface area contributed by atoms with E-state index in [1.165, 1.54) is 6.07 Å². The molecule has 1 aromatic carbocycles. The topological polar surface area (TPSA) is 65.3 Å². The molecule has 0 spiro atoms. The molecular formula is C14H13BrN2O3. The molecule has 1 aromatic heterocycles. The number of hydrogen-bond acceptors (Lipinski definition) is 4. The summed E-state index contributed by atoms with van der Waals surface area (Å²) in [6.45, 7) is 5.49. The molecule has 0 saturated heterocycles. The molecule has 5 nitrogen and oxygen atoms in total. The molecule has 0 aliphatic carbocycles. The van der Waals surface area contributed by atoms with Crippen LogP contribution in [0.15, 0.2) is 28.9 Å². The normalized spacial score (nSPS) is 10.4. The second-order valence-electron chi connectivity index (χ2n) is 4.56. The lowest BCUT2D eigenvalue weighted by molar-refractivity contribution is -0.385. The Labute approximate surface area is 124 Å². The number of nitro benzene ring substituents is 1. The average molecular weight is 337 g/mol. The first kappa shape index (κ1) is 14.5. The zero-order valence-electron chi connectivity index (χ0n) is 11.3. The van der Waals surface area contributed by atoms with Gasteiger partial charge in [-0.15, -0.1) is 0 Å². The van der Waals surface area contributed by atoms with Gasteiger partial charge in [-0.25, -0.2) is 4.98 Å². The lowest BCUT2D eigenvalue weighted by atomic mass is 10.1. The molecule has 2 rings (SSSR count). The third kappa shape index (κ3) is 2.96. The Morgan fingerprint density at radius 2 is 1.90 bits per heavy atom. The summed E-state index contributed by atoms with van der Waals surface area (Å²) in [5, 5.41) is 11.1. The molecule has 0 aliphatic heterocycles. The minimum Gasteiger partial charge on any atom is -0.432 e. The van der Waals surface area contributed by atoms with Gasteiger partial charge >= 0.3 is 5.69 Å². The highest BCUT2D eigenvalue weighted by Gasteiger charge is 2.19. The highest BCUT2D eigenvalue weighted by atomic mass is 79.9. The number of rotatable bonds is 3. The van der Waals surface area contributed by atoms with Crippen molar-refractivity contribution in [3.63, 3.8) is 0 Å². The molecule has 2 aromatic rings. The zero-order chi connectivity index (χ0) is 14.9. The molecule has 0 atom stereocenters. The summed E-state index contributed by atoms with van der Waals surface area (Å²) >= 11 is 3.35. The van der Waals surface area contributed by atoms with Crippen molar-refractivity contribution < 1.29 is 9.66 Å². The van der Waals surface area contributed by atoms with Crippen LogP contribution in [0.1, 0.15) is 16.7 Å². The van der Waals surface area contributed by atoms with Gasteiger partial charge in [-0.2, -0.15) is 0 Å². The molecule has 0 aliphatic rings. The number of hydrogen-bond donors (Lipinski definition) is 0. The summed E-state index contributed by atoms with van der Waals surface area (Å²) in [5.74, 6) is 0.565. The van der Waals surface area contributed by atoms with E-state index in [4.69, 9.17) is 4.74 Å². The van der Waals surface area contributed by atoms with Crippen LogP contribution in [0, 0.1) is 30.9 Å². The van der Waals surface area contributed by atoms with Crippen molar-refractivity contribution in [2.24, 2.45) is 0 Å². The lowest BCUT2D eigenvalue weighted by Gasteiger charge is -2.10. The number of aryl methyl sites for hydroxylation is 3. The molecule has 0 N–H and O–H groups in total. The smallest absolute Gasteiger partial charge is 0.312 e. The number of ether oxygens (including phenoxy) is 1. The van der Waals surface area contributed by atoms with Gasteiger partial charge in [0.15, 0.2) is 0 Å². The van der Waals surface area contributed by atoms with Crippen LogP contribution in [0.2, 0.25) is 0 Å². The summed E-state index contributed by atoms with van der Waals surface area (Å²) < 4.78 is 6.48. The summed E-state index contributed by atoms with van der Waals surface area (Å²) in [4.78, 5) is 14.8. The fourth-order valence-electron chi connectivity index (χ4n) is 1.87. The van der Waals surface area contributed by atoms with Gasteiger partial charge in [-0.1, -0.05) is 6.07 Å². The third-order valence-corrected chi connectivity index (χ3v) is 3.65. The number of aromatic nitrogens is 1. The Balaban J connectivity index is 2.47. The number of pyridine rings is 1. The standard InChI is InChI=1S/C14H13BrN2O3/c1-8-4-10(3)14(12(5-8)17(18)19)20-13-6-9(2)11(15)7-16-13/h4-7H,1-3H3. The number of benzene rings is 1. The fraction of sp³-hybridized carbons (Fsp3) is 0.214. The number of halogens is 1. The monoisotopic (exact) mass is 336 g/mol. The summed E-state index contributed by atoms with van der Waals surface area (Å²) in [6.07, 6.45) is 1.61. The van der Waals surface area contributed by atoms with Gasteiger partial charge in [0.2, 0.25) is 11.6 Å². The SMILES string of the molecule is Cc1cc(C)c(Oc2cc(C)c(Br)cn2)c([N+](=O)[O-])c1. The van der Waals surface area contributed by atoms with E-state index in [1.807, 2.05) is 19.9 Å². The van der Waals surface area contributed by atoms with E-state index >= 15 is 0 Å². The van der Waals surface area contributed by atoms with Crippen molar-refractivity contribution >= 4 is 21.6 Å². The maximum Gasteiger partial charge on any atom is 0.312 e. The van der Waals surface area contributed by atoms with Gasteiger partial charge in [-0.3, -0.25) is 10.1 Å². The maximum absolute atomic E-state index is 11.1. The molecule has 104 valence electrons. The van der Waals surface area contributed by atoms with Crippen LogP contribution in [-0.2, 0) is 0 Å². The van der Waals surface area contributed by atoms with Crippen molar-refractivity contribution in [3.05, 3.63) is 55.7 Å². The Kier molecular flexibility index (Phi) is 4.04. The Morgan fingerprint density at radius 3 is 2.50 bits per heavy atom. The highest BCUT2D eigenvalue weighted by Crippen LogP contribution is 2.35. The first-order valence-electron chi connectivity index (χ1n) is 5.94. The number of nitro groups is 1. The second-order valence-corrected chi connectivity index (χ2v) is 5.42. The van der Waals surface area contributed by atoms with Crippen molar-refractivity contribution in [1.29, 1.82) is 0 Å². The van der Waals surface area contributed by atoms with Crippen LogP contribution in [0.5, 0.6) is 11.6 Å². The van der Waals surface area contributed by atoms with Gasteiger partial charge in [0.05, 0.1) is 4.92 Å². The highest BCUT2D eigenvalue weighted by molar-refractivity contribution is 9.10. The minimum absolute atomic E-state index is 0.0510. The largest absolute Gasteiger partial charge is 0.432 e. The Morgan fingerprint density at radius 1 is 1.20 bits per heavy atom. The lowest BCUT2D eigenvalue weighted by Crippen LogP contribution is -1.98. The molecule has 6 heteroatoms. The van der Waals surface area contributed by atoms with Crippen molar-refractivity contribution in [2.45, 2.75) is 20.8 Å². The molecule has 0 amide bonds. The third-order valence-electron chi connectivity index (χ3n) is 2.82. The average Bonchev–Trinajstić information content (AvgIpc) is 2.36. The first-order valence-corrected chi connectivity index (χ1v) is 6.73. The Bertz CT molecular complexity index is 686. The van der Waals surface area contributed by atoms with Gasteiger partial charge in [0.25, 0.3) is 0 Å². The molecular weight excluding hydrogens is 324 g/mol. The predicted octanol–water partition coefficient (Wildman–Crippen LogP) is 4.47.